The third-order valence-corrected chi connectivity index (χ3v) is 3.37. The average Bonchev–Trinajstić information content (AvgIpc) is 2.85. The number of nitrogens with one attached hydrogen (secondary N) is 1. The highest BCUT2D eigenvalue weighted by Gasteiger charge is 2.10. The summed E-state index contributed by atoms with van der Waals surface area (Å²) >= 11 is 1.60. The molecule has 0 unspecified atom stereocenters. The van der Waals surface area contributed by atoms with E-state index in [2.05, 4.69) is 25.3 Å². The second kappa shape index (κ2) is 4.30. The molecular formula is C12H11N5S. The Hall–Kier alpha value is -2.08. The molecule has 1 N–H and O–H groups in total. The number of thiophene rings is 1. The number of anilines is 1. The van der Waals surface area contributed by atoms with E-state index < -0.39 is 0 Å². The molecule has 3 aromatic rings. The first-order valence-corrected chi connectivity index (χ1v) is 6.39. The van der Waals surface area contributed by atoms with E-state index in [1.807, 2.05) is 31.5 Å². The zero-order valence-corrected chi connectivity index (χ0v) is 10.8. The maximum Gasteiger partial charge on any atom is 0.181 e. The van der Waals surface area contributed by atoms with Gasteiger partial charge in [-0.2, -0.15) is 0 Å². The van der Waals surface area contributed by atoms with Crippen molar-refractivity contribution in [3.63, 3.8) is 0 Å². The normalized spacial score (nSPS) is 10.8. The van der Waals surface area contributed by atoms with Crippen LogP contribution in [0.5, 0.6) is 0 Å². The van der Waals surface area contributed by atoms with E-state index in [1.54, 1.807) is 17.5 Å². The number of aryl methyl sites for hydroxylation is 1. The van der Waals surface area contributed by atoms with Crippen LogP contribution in [0.4, 0.5) is 5.82 Å². The molecule has 18 heavy (non-hydrogen) atoms. The molecule has 3 rings (SSSR count). The molecule has 0 atom stereocenters. The Bertz CT molecular complexity index is 707. The first-order chi connectivity index (χ1) is 8.78. The molecule has 0 aromatic carbocycles. The van der Waals surface area contributed by atoms with Gasteiger partial charge in [-0.05, 0) is 24.4 Å². The van der Waals surface area contributed by atoms with Gasteiger partial charge in [0.25, 0.3) is 0 Å². The minimum atomic E-state index is 0.625. The predicted octanol–water partition coefficient (Wildman–Crippen LogP) is 2.50. The van der Waals surface area contributed by atoms with Crippen LogP contribution < -0.4 is 5.32 Å². The zero-order chi connectivity index (χ0) is 12.5. The lowest BCUT2D eigenvalue weighted by Crippen LogP contribution is -1.99. The van der Waals surface area contributed by atoms with Crippen LogP contribution in [0.25, 0.3) is 21.7 Å². The Kier molecular flexibility index (Phi) is 2.64. The lowest BCUT2D eigenvalue weighted by atomic mass is 10.3. The summed E-state index contributed by atoms with van der Waals surface area (Å²) in [6.07, 6.45) is 1.72. The van der Waals surface area contributed by atoms with E-state index in [4.69, 9.17) is 0 Å². The number of hydrogen-bond acceptors (Lipinski definition) is 6. The Morgan fingerprint density at radius 1 is 1.17 bits per heavy atom. The Morgan fingerprint density at radius 3 is 2.83 bits per heavy atom. The van der Waals surface area contributed by atoms with Crippen LogP contribution in [0.15, 0.2) is 23.7 Å². The van der Waals surface area contributed by atoms with Crippen LogP contribution in [0.1, 0.15) is 5.82 Å². The second-order valence-electron chi connectivity index (χ2n) is 3.77. The second-order valence-corrected chi connectivity index (χ2v) is 4.67. The van der Waals surface area contributed by atoms with Gasteiger partial charge in [-0.15, -0.1) is 11.3 Å². The topological polar surface area (TPSA) is 63.6 Å². The fourth-order valence-electron chi connectivity index (χ4n) is 1.74. The van der Waals surface area contributed by atoms with E-state index in [9.17, 15) is 0 Å². The number of nitrogens with zero attached hydrogens (tertiary/aromatic N) is 4. The van der Waals surface area contributed by atoms with Crippen LogP contribution in [-0.2, 0) is 0 Å². The van der Waals surface area contributed by atoms with Crippen molar-refractivity contribution in [1.82, 2.24) is 19.9 Å². The molecule has 0 bridgehead atoms. The number of fused-ring (bicyclic) bond motifs is 1. The Labute approximate surface area is 108 Å². The molecule has 0 aliphatic rings. The van der Waals surface area contributed by atoms with Crippen molar-refractivity contribution in [2.24, 2.45) is 0 Å². The number of aromatic nitrogens is 4. The number of hydrogen-bond donors (Lipinski definition) is 1. The summed E-state index contributed by atoms with van der Waals surface area (Å²) in [6, 6.07) is 3.84. The smallest absolute Gasteiger partial charge is 0.181 e. The minimum absolute atomic E-state index is 0.625. The lowest BCUT2D eigenvalue weighted by molar-refractivity contribution is 1.04. The zero-order valence-electron chi connectivity index (χ0n) is 10.0. The van der Waals surface area contributed by atoms with Crippen LogP contribution >= 0.6 is 11.3 Å². The molecule has 0 spiro atoms. The first kappa shape index (κ1) is 11.0. The van der Waals surface area contributed by atoms with Crippen molar-refractivity contribution in [2.75, 3.05) is 12.4 Å². The average molecular weight is 257 g/mol. The highest BCUT2D eigenvalue weighted by atomic mass is 32.1. The molecule has 0 fully saturated rings. The molecule has 5 nitrogen and oxygen atoms in total. The largest absolute Gasteiger partial charge is 0.372 e. The number of rotatable bonds is 2. The molecule has 0 radical (unpaired) electrons. The quantitative estimate of drug-likeness (QED) is 0.764. The predicted molar refractivity (Wildman–Crippen MR) is 72.7 cm³/mol. The van der Waals surface area contributed by atoms with Gasteiger partial charge in [0.05, 0.1) is 5.39 Å². The monoisotopic (exact) mass is 257 g/mol. The van der Waals surface area contributed by atoms with Crippen molar-refractivity contribution in [3.05, 3.63) is 29.5 Å². The minimum Gasteiger partial charge on any atom is -0.372 e. The van der Waals surface area contributed by atoms with Crippen LogP contribution in [0, 0.1) is 6.92 Å². The Balaban J connectivity index is 2.23. The van der Waals surface area contributed by atoms with E-state index in [0.29, 0.717) is 11.6 Å². The summed E-state index contributed by atoms with van der Waals surface area (Å²) in [5, 5.41) is 6.14. The highest BCUT2D eigenvalue weighted by molar-refractivity contribution is 7.16. The molecule has 0 aliphatic carbocycles. The van der Waals surface area contributed by atoms with E-state index in [-0.39, 0.29) is 0 Å². The molecule has 0 aliphatic heterocycles. The molecular weight excluding hydrogens is 246 g/mol. The standard InChI is InChI=1S/C12H11N5S/c1-7-14-5-3-9(15-7)11-16-10(13-2)8-4-6-18-12(8)17-11/h3-6H,1-2H3,(H,13,16,17). The van der Waals surface area contributed by atoms with Gasteiger partial charge in [-0.3, -0.25) is 0 Å². The SMILES string of the molecule is CNc1nc(-c2ccnc(C)n2)nc2sccc12. The fourth-order valence-corrected chi connectivity index (χ4v) is 2.51. The first-order valence-electron chi connectivity index (χ1n) is 5.51. The molecule has 3 heterocycles. The summed E-state index contributed by atoms with van der Waals surface area (Å²) in [5.74, 6) is 2.17. The van der Waals surface area contributed by atoms with Gasteiger partial charge >= 0.3 is 0 Å². The summed E-state index contributed by atoms with van der Waals surface area (Å²) in [4.78, 5) is 18.4. The Morgan fingerprint density at radius 2 is 2.06 bits per heavy atom. The molecule has 0 saturated carbocycles. The maximum atomic E-state index is 4.53. The van der Waals surface area contributed by atoms with E-state index in [1.165, 1.54) is 0 Å². The summed E-state index contributed by atoms with van der Waals surface area (Å²) < 4.78 is 0. The van der Waals surface area contributed by atoms with Crippen LogP contribution in [0.3, 0.4) is 0 Å². The van der Waals surface area contributed by atoms with Crippen LogP contribution in [0.2, 0.25) is 0 Å². The van der Waals surface area contributed by atoms with Crippen molar-refractivity contribution in [1.29, 1.82) is 0 Å². The fraction of sp³-hybridized carbons (Fsp3) is 0.167. The molecule has 90 valence electrons. The summed E-state index contributed by atoms with van der Waals surface area (Å²) in [7, 11) is 1.86. The van der Waals surface area contributed by atoms with Gasteiger partial charge in [0, 0.05) is 13.2 Å². The maximum absolute atomic E-state index is 4.53. The molecule has 0 saturated heterocycles. The molecule has 6 heteroatoms. The van der Waals surface area contributed by atoms with E-state index in [0.717, 1.165) is 21.7 Å². The van der Waals surface area contributed by atoms with Gasteiger partial charge < -0.3 is 5.32 Å². The van der Waals surface area contributed by atoms with Crippen LogP contribution in [-0.4, -0.2) is 27.0 Å². The van der Waals surface area contributed by atoms with Crippen molar-refractivity contribution >= 4 is 27.4 Å². The van der Waals surface area contributed by atoms with Gasteiger partial charge in [0.1, 0.15) is 22.2 Å². The van der Waals surface area contributed by atoms with Crippen molar-refractivity contribution < 1.29 is 0 Å². The molecule has 3 aromatic heterocycles. The van der Waals surface area contributed by atoms with Gasteiger partial charge in [0.2, 0.25) is 0 Å². The van der Waals surface area contributed by atoms with Gasteiger partial charge in [-0.1, -0.05) is 0 Å². The molecule has 0 amide bonds. The van der Waals surface area contributed by atoms with Gasteiger partial charge in [0.15, 0.2) is 5.82 Å². The summed E-state index contributed by atoms with van der Waals surface area (Å²) in [6.45, 7) is 1.85. The van der Waals surface area contributed by atoms with Gasteiger partial charge in [-0.25, -0.2) is 19.9 Å². The van der Waals surface area contributed by atoms with Crippen molar-refractivity contribution in [2.45, 2.75) is 6.92 Å². The van der Waals surface area contributed by atoms with E-state index >= 15 is 0 Å². The third-order valence-electron chi connectivity index (χ3n) is 2.57. The summed E-state index contributed by atoms with van der Waals surface area (Å²) in [5.41, 5.74) is 0.745. The third kappa shape index (κ3) is 1.80. The highest BCUT2D eigenvalue weighted by Crippen LogP contribution is 2.27. The lowest BCUT2D eigenvalue weighted by Gasteiger charge is -2.05. The van der Waals surface area contributed by atoms with Crippen molar-refractivity contribution in [3.8, 4) is 11.5 Å².